The van der Waals surface area contributed by atoms with Gasteiger partial charge in [0.1, 0.15) is 23.9 Å². The minimum absolute atomic E-state index is 0.136. The van der Waals surface area contributed by atoms with Crippen LogP contribution in [0.3, 0.4) is 0 Å². The molecule has 0 aromatic carbocycles. The van der Waals surface area contributed by atoms with Gasteiger partial charge in [0.25, 0.3) is 0 Å². The number of esters is 1. The van der Waals surface area contributed by atoms with Crippen LogP contribution in [-0.4, -0.2) is 118 Å². The zero-order valence-corrected chi connectivity index (χ0v) is 32.1. The number of carbonyl (C=O) groups is 1. The summed E-state index contributed by atoms with van der Waals surface area (Å²) in [5.74, 6) is -2.73. The van der Waals surface area contributed by atoms with Gasteiger partial charge in [0.05, 0.1) is 47.6 Å². The highest BCUT2D eigenvalue weighted by atomic mass is 16.7. The number of rotatable bonds is 7. The van der Waals surface area contributed by atoms with Gasteiger partial charge in [0, 0.05) is 37.8 Å². The van der Waals surface area contributed by atoms with Crippen LogP contribution >= 0.6 is 0 Å². The number of nitriles is 1. The molecule has 3 aliphatic heterocycles. The fraction of sp³-hybridized carbons (Fsp3) is 0.946. The largest absolute Gasteiger partial charge is 0.459 e. The molecule has 1 unspecified atom stereocenters. The summed E-state index contributed by atoms with van der Waals surface area (Å²) in [4.78, 5) is 14.1. The Bertz CT molecular complexity index is 1130. The number of hydrogen-bond acceptors (Lipinski definition) is 13. The number of nitrogens with zero attached hydrogens (tertiary/aromatic N) is 1. The molecule has 3 rings (SSSR count). The van der Waals surface area contributed by atoms with Crippen LogP contribution in [0.15, 0.2) is 0 Å². The fourth-order valence-corrected chi connectivity index (χ4v) is 8.32. The van der Waals surface area contributed by atoms with Crippen molar-refractivity contribution < 1.29 is 53.6 Å². The minimum atomic E-state index is -1.79. The fourth-order valence-electron chi connectivity index (χ4n) is 8.32. The quantitative estimate of drug-likeness (QED) is 0.242. The van der Waals surface area contributed by atoms with Crippen molar-refractivity contribution in [3.63, 3.8) is 0 Å². The molecule has 13 heteroatoms. The number of cyclic esters (lactones) is 1. The van der Waals surface area contributed by atoms with Gasteiger partial charge >= 0.3 is 5.97 Å². The van der Waals surface area contributed by atoms with E-state index >= 15 is 0 Å². The van der Waals surface area contributed by atoms with E-state index in [1.165, 1.54) is 6.92 Å². The maximum Gasteiger partial charge on any atom is 0.311 e. The summed E-state index contributed by atoms with van der Waals surface area (Å²) < 4.78 is 37.6. The van der Waals surface area contributed by atoms with Crippen LogP contribution in [0.25, 0.3) is 0 Å². The Morgan fingerprint density at radius 2 is 1.66 bits per heavy atom. The van der Waals surface area contributed by atoms with Gasteiger partial charge in [-0.1, -0.05) is 20.8 Å². The molecule has 0 aromatic rings. The molecular weight excluding hydrogens is 648 g/mol. The zero-order valence-electron chi connectivity index (χ0n) is 32.1. The number of nitrogens with one attached hydrogen (secondary N) is 1. The number of aliphatic hydroxyl groups is 4. The van der Waals surface area contributed by atoms with Crippen molar-refractivity contribution in [2.24, 2.45) is 23.7 Å². The van der Waals surface area contributed by atoms with Crippen LogP contribution < -0.4 is 5.32 Å². The van der Waals surface area contributed by atoms with Gasteiger partial charge in [-0.05, 0) is 86.6 Å². The molecule has 0 saturated carbocycles. The Balaban J connectivity index is 2.12. The Morgan fingerprint density at radius 3 is 2.26 bits per heavy atom. The molecule has 0 aliphatic carbocycles. The number of ether oxygens (including phenoxy) is 6. The normalized spacial score (nSPS) is 48.9. The molecule has 0 aromatic heterocycles. The van der Waals surface area contributed by atoms with Crippen LogP contribution in [0.5, 0.6) is 0 Å². The summed E-state index contributed by atoms with van der Waals surface area (Å²) in [6.07, 6.45) is -5.66. The van der Waals surface area contributed by atoms with Gasteiger partial charge in [-0.3, -0.25) is 4.79 Å². The lowest BCUT2D eigenvalue weighted by atomic mass is 9.77. The third-order valence-electron chi connectivity index (χ3n) is 11.6. The highest BCUT2D eigenvalue weighted by Crippen LogP contribution is 2.42. The lowest BCUT2D eigenvalue weighted by Gasteiger charge is -2.49. The van der Waals surface area contributed by atoms with Crippen LogP contribution in [0.2, 0.25) is 0 Å². The standard InChI is InChI=1S/C37H66N2O11/c1-12-28-37(10,44)31(41)24(6)39-19-20(2)17-35(8,43)32(50-34-27(40)14-13-21(3)46-34)22(4)30(23(5)33(42)48-28)49-29-18-36(9,45-11)26(15-16-38)25(7)47-29/h20-32,34,39-41,43-44H,12-15,17-19H2,1-11H3/t20-,21-,22+,23-,24-,25+,26?,27-,28-,29+,30+,31-,32-,34+,35-,36-,37-/m1/s1. The van der Waals surface area contributed by atoms with E-state index < -0.39 is 89.9 Å². The molecule has 50 heavy (non-hydrogen) atoms. The maximum absolute atomic E-state index is 14.1. The van der Waals surface area contributed by atoms with Crippen molar-refractivity contribution in [2.45, 2.75) is 186 Å². The molecule has 3 fully saturated rings. The van der Waals surface area contributed by atoms with E-state index in [1.807, 2.05) is 34.6 Å². The number of hydrogen-bond donors (Lipinski definition) is 5. The van der Waals surface area contributed by atoms with Gasteiger partial charge in [-0.2, -0.15) is 5.26 Å². The molecule has 3 aliphatic rings. The lowest BCUT2D eigenvalue weighted by Crippen LogP contribution is -2.59. The summed E-state index contributed by atoms with van der Waals surface area (Å²) in [7, 11) is 1.59. The summed E-state index contributed by atoms with van der Waals surface area (Å²) in [5.41, 5.74) is -4.08. The molecule has 17 atom stereocenters. The van der Waals surface area contributed by atoms with Gasteiger partial charge in [-0.15, -0.1) is 0 Å². The van der Waals surface area contributed by atoms with E-state index in [0.717, 1.165) is 0 Å². The van der Waals surface area contributed by atoms with Gasteiger partial charge in [0.15, 0.2) is 12.6 Å². The summed E-state index contributed by atoms with van der Waals surface area (Å²) in [5, 5.41) is 58.9. The molecule has 290 valence electrons. The average molecular weight is 715 g/mol. The van der Waals surface area contributed by atoms with Crippen LogP contribution in [0.4, 0.5) is 0 Å². The molecule has 13 nitrogen and oxygen atoms in total. The Labute approximate surface area is 299 Å². The summed E-state index contributed by atoms with van der Waals surface area (Å²) >= 11 is 0. The first-order valence-electron chi connectivity index (χ1n) is 18.5. The first kappa shape index (κ1) is 43.0. The molecule has 5 N–H and O–H groups in total. The lowest BCUT2D eigenvalue weighted by molar-refractivity contribution is -0.309. The number of methoxy groups -OCH3 is 1. The SMILES string of the molecule is CC[C@H]1OC(=O)[C@H](C)[C@@H](O[C@H]2C[C@@](C)(OC)C(CC#N)[C@H](C)O2)[C@H](C)[C@@H](O[C@@H]2O[C@H](C)CC[C@H]2O)[C@](C)(O)C[C@@H](C)CN[C@H](C)[C@@H](O)[C@]1(C)O. The van der Waals surface area contributed by atoms with Gasteiger partial charge in [-0.25, -0.2) is 0 Å². The van der Waals surface area contributed by atoms with E-state index in [4.69, 9.17) is 28.4 Å². The van der Waals surface area contributed by atoms with Crippen molar-refractivity contribution in [2.75, 3.05) is 13.7 Å². The number of carbonyl (C=O) groups excluding carboxylic acids is 1. The van der Waals surface area contributed by atoms with Gasteiger partial charge in [0.2, 0.25) is 0 Å². The second kappa shape index (κ2) is 17.6. The second-order valence-electron chi connectivity index (χ2n) is 16.1. The number of aliphatic hydroxyl groups excluding tert-OH is 2. The Hall–Kier alpha value is -1.44. The highest BCUT2D eigenvalue weighted by Gasteiger charge is 2.52. The predicted octanol–water partition coefficient (Wildman–Crippen LogP) is 3.19. The molecule has 0 radical (unpaired) electrons. The topological polar surface area (TPSA) is 189 Å². The second-order valence-corrected chi connectivity index (χ2v) is 16.1. The van der Waals surface area contributed by atoms with Crippen LogP contribution in [0.1, 0.15) is 108 Å². The van der Waals surface area contributed by atoms with Crippen molar-refractivity contribution in [1.29, 1.82) is 5.26 Å². The molecule has 3 heterocycles. The monoisotopic (exact) mass is 714 g/mol. The van der Waals surface area contributed by atoms with Gasteiger partial charge < -0.3 is 54.2 Å². The third-order valence-corrected chi connectivity index (χ3v) is 11.6. The summed E-state index contributed by atoms with van der Waals surface area (Å²) in [6, 6.07) is 1.65. The van der Waals surface area contributed by atoms with Crippen molar-refractivity contribution >= 4 is 5.97 Å². The van der Waals surface area contributed by atoms with E-state index in [0.29, 0.717) is 19.4 Å². The summed E-state index contributed by atoms with van der Waals surface area (Å²) in [6.45, 7) is 18.2. The highest BCUT2D eigenvalue weighted by molar-refractivity contribution is 5.73. The minimum Gasteiger partial charge on any atom is -0.459 e. The molecule has 3 saturated heterocycles. The third kappa shape index (κ3) is 9.95. The predicted molar refractivity (Wildman–Crippen MR) is 184 cm³/mol. The smallest absolute Gasteiger partial charge is 0.311 e. The van der Waals surface area contributed by atoms with E-state index in [9.17, 15) is 30.5 Å². The molecule has 0 bridgehead atoms. The van der Waals surface area contributed by atoms with E-state index in [2.05, 4.69) is 11.4 Å². The molecular formula is C37H66N2O11. The van der Waals surface area contributed by atoms with Crippen LogP contribution in [0, 0.1) is 35.0 Å². The molecule has 0 amide bonds. The first-order chi connectivity index (χ1) is 23.2. The molecule has 0 spiro atoms. The average Bonchev–Trinajstić information content (AvgIpc) is 3.05. The van der Waals surface area contributed by atoms with Crippen LogP contribution in [-0.2, 0) is 33.2 Å². The van der Waals surface area contributed by atoms with Crippen molar-refractivity contribution in [1.82, 2.24) is 5.32 Å². The van der Waals surface area contributed by atoms with Crippen molar-refractivity contribution in [3.8, 4) is 6.07 Å². The van der Waals surface area contributed by atoms with E-state index in [1.54, 1.807) is 34.8 Å². The van der Waals surface area contributed by atoms with Crippen molar-refractivity contribution in [3.05, 3.63) is 0 Å². The Kier molecular flexibility index (Phi) is 15.1. The zero-order chi connectivity index (χ0) is 37.8. The first-order valence-corrected chi connectivity index (χ1v) is 18.5. The van der Waals surface area contributed by atoms with E-state index in [-0.39, 0.29) is 43.6 Å². The Morgan fingerprint density at radius 1 is 1.00 bits per heavy atom. The maximum atomic E-state index is 14.1.